The molecule has 33 heavy (non-hydrogen) atoms. The lowest BCUT2D eigenvalue weighted by Crippen LogP contribution is -1.99. The highest BCUT2D eigenvalue weighted by atomic mass is 19.1. The van der Waals surface area contributed by atoms with E-state index in [0.29, 0.717) is 12.4 Å². The highest BCUT2D eigenvalue weighted by Crippen LogP contribution is 2.25. The zero-order chi connectivity index (χ0) is 23.6. The number of aromatic nitrogens is 1. The summed E-state index contributed by atoms with van der Waals surface area (Å²) in [4.78, 5) is 4.57. The van der Waals surface area contributed by atoms with Crippen LogP contribution in [-0.2, 0) is 6.42 Å². The van der Waals surface area contributed by atoms with Crippen molar-refractivity contribution < 1.29 is 9.13 Å². The first-order valence-electron chi connectivity index (χ1n) is 13.6. The van der Waals surface area contributed by atoms with E-state index in [0.717, 1.165) is 30.5 Å². The van der Waals surface area contributed by atoms with Crippen LogP contribution in [0.1, 0.15) is 116 Å². The number of hydrogen-bond donors (Lipinski definition) is 0. The molecule has 2 aromatic rings. The lowest BCUT2D eigenvalue weighted by Gasteiger charge is -2.09. The highest BCUT2D eigenvalue weighted by Gasteiger charge is 2.08. The van der Waals surface area contributed by atoms with Crippen molar-refractivity contribution in [1.82, 2.24) is 4.98 Å². The SMILES string of the molecule is CCCCCCCCCCCOc1ccc(-c2ccc(CCCCCCCC)cn2)cc1F. The summed E-state index contributed by atoms with van der Waals surface area (Å²) in [7, 11) is 0. The van der Waals surface area contributed by atoms with E-state index in [1.807, 2.05) is 18.3 Å². The van der Waals surface area contributed by atoms with E-state index in [-0.39, 0.29) is 5.82 Å². The predicted molar refractivity (Wildman–Crippen MR) is 139 cm³/mol. The van der Waals surface area contributed by atoms with E-state index in [1.165, 1.54) is 89.0 Å². The maximum Gasteiger partial charge on any atom is 0.165 e. The summed E-state index contributed by atoms with van der Waals surface area (Å²) in [5.41, 5.74) is 2.87. The van der Waals surface area contributed by atoms with Crippen molar-refractivity contribution in [2.24, 2.45) is 0 Å². The molecule has 0 fully saturated rings. The second-order valence-corrected chi connectivity index (χ2v) is 9.39. The molecule has 0 bridgehead atoms. The quantitative estimate of drug-likeness (QED) is 0.197. The third kappa shape index (κ3) is 11.7. The Balaban J connectivity index is 1.66. The predicted octanol–water partition coefficient (Wildman–Crippen LogP) is 9.70. The number of hydrogen-bond acceptors (Lipinski definition) is 2. The second-order valence-electron chi connectivity index (χ2n) is 9.39. The number of halogens is 1. The number of rotatable bonds is 19. The minimum atomic E-state index is -0.304. The van der Waals surface area contributed by atoms with Crippen LogP contribution in [0.2, 0.25) is 0 Å². The van der Waals surface area contributed by atoms with Gasteiger partial charge >= 0.3 is 0 Å². The number of ether oxygens (including phenoxy) is 1. The molecule has 0 aliphatic heterocycles. The van der Waals surface area contributed by atoms with Crippen molar-refractivity contribution in [3.8, 4) is 17.0 Å². The summed E-state index contributed by atoms with van der Waals surface area (Å²) in [6.07, 6.45) is 22.2. The number of nitrogens with zero attached hydrogens (tertiary/aromatic N) is 1. The largest absolute Gasteiger partial charge is 0.491 e. The Labute approximate surface area is 202 Å². The fourth-order valence-corrected chi connectivity index (χ4v) is 4.22. The van der Waals surface area contributed by atoms with Gasteiger partial charge in [-0.15, -0.1) is 0 Å². The Morgan fingerprint density at radius 2 is 1.30 bits per heavy atom. The molecule has 184 valence electrons. The zero-order valence-corrected chi connectivity index (χ0v) is 21.2. The maximum absolute atomic E-state index is 14.5. The Hall–Kier alpha value is -1.90. The maximum atomic E-state index is 14.5. The average Bonchev–Trinajstić information content (AvgIpc) is 2.83. The van der Waals surface area contributed by atoms with Crippen LogP contribution in [0.15, 0.2) is 36.5 Å². The Bertz CT molecular complexity index is 743. The minimum Gasteiger partial charge on any atom is -0.491 e. The lowest BCUT2D eigenvalue weighted by molar-refractivity contribution is 0.290. The third-order valence-corrected chi connectivity index (χ3v) is 6.38. The smallest absolute Gasteiger partial charge is 0.165 e. The zero-order valence-electron chi connectivity index (χ0n) is 21.2. The molecule has 0 amide bonds. The lowest BCUT2D eigenvalue weighted by atomic mass is 10.0. The van der Waals surface area contributed by atoms with Crippen molar-refractivity contribution in [3.63, 3.8) is 0 Å². The van der Waals surface area contributed by atoms with Crippen LogP contribution >= 0.6 is 0 Å². The molecular formula is C30H46FNO. The third-order valence-electron chi connectivity index (χ3n) is 6.38. The van der Waals surface area contributed by atoms with Crippen molar-refractivity contribution in [1.29, 1.82) is 0 Å². The van der Waals surface area contributed by atoms with E-state index >= 15 is 0 Å². The molecule has 0 saturated carbocycles. The van der Waals surface area contributed by atoms with Crippen LogP contribution in [-0.4, -0.2) is 11.6 Å². The molecule has 0 saturated heterocycles. The summed E-state index contributed by atoms with van der Waals surface area (Å²) in [5, 5.41) is 0. The van der Waals surface area contributed by atoms with Gasteiger partial charge in [-0.3, -0.25) is 4.98 Å². The van der Waals surface area contributed by atoms with Crippen LogP contribution in [0.5, 0.6) is 5.75 Å². The van der Waals surface area contributed by atoms with E-state index in [4.69, 9.17) is 4.74 Å². The van der Waals surface area contributed by atoms with Crippen LogP contribution in [0.3, 0.4) is 0 Å². The van der Waals surface area contributed by atoms with Gasteiger partial charge in [0.25, 0.3) is 0 Å². The van der Waals surface area contributed by atoms with E-state index < -0.39 is 0 Å². The summed E-state index contributed by atoms with van der Waals surface area (Å²) >= 11 is 0. The monoisotopic (exact) mass is 455 g/mol. The van der Waals surface area contributed by atoms with Crippen LogP contribution < -0.4 is 4.74 Å². The first kappa shape index (κ1) is 27.3. The van der Waals surface area contributed by atoms with Gasteiger partial charge < -0.3 is 4.74 Å². The van der Waals surface area contributed by atoms with Gasteiger partial charge in [0.05, 0.1) is 12.3 Å². The van der Waals surface area contributed by atoms with Gasteiger partial charge in [-0.2, -0.15) is 0 Å². The summed E-state index contributed by atoms with van der Waals surface area (Å²) < 4.78 is 20.2. The minimum absolute atomic E-state index is 0.304. The van der Waals surface area contributed by atoms with Gasteiger partial charge in [-0.25, -0.2) is 4.39 Å². The molecule has 1 heterocycles. The molecule has 2 nitrogen and oxygen atoms in total. The fraction of sp³-hybridized carbons (Fsp3) is 0.633. The van der Waals surface area contributed by atoms with Gasteiger partial charge in [0, 0.05) is 11.8 Å². The van der Waals surface area contributed by atoms with Crippen LogP contribution in [0.25, 0.3) is 11.3 Å². The molecule has 3 heteroatoms. The van der Waals surface area contributed by atoms with E-state index in [1.54, 1.807) is 12.1 Å². The highest BCUT2D eigenvalue weighted by molar-refractivity contribution is 5.60. The number of benzene rings is 1. The molecule has 2 rings (SSSR count). The number of aryl methyl sites for hydroxylation is 1. The molecule has 1 aromatic heterocycles. The van der Waals surface area contributed by atoms with Gasteiger partial charge in [0.15, 0.2) is 11.6 Å². The molecule has 0 spiro atoms. The van der Waals surface area contributed by atoms with Crippen molar-refractivity contribution in [2.75, 3.05) is 6.61 Å². The normalized spacial score (nSPS) is 11.1. The molecular weight excluding hydrogens is 409 g/mol. The van der Waals surface area contributed by atoms with E-state index in [2.05, 4.69) is 24.9 Å². The van der Waals surface area contributed by atoms with Crippen molar-refractivity contribution >= 4 is 0 Å². The Kier molecular flexibility index (Phi) is 14.6. The van der Waals surface area contributed by atoms with Crippen LogP contribution in [0.4, 0.5) is 4.39 Å². The molecule has 0 radical (unpaired) electrons. The molecule has 0 unspecified atom stereocenters. The summed E-state index contributed by atoms with van der Waals surface area (Å²) in [6, 6.07) is 9.32. The first-order chi connectivity index (χ1) is 16.2. The van der Waals surface area contributed by atoms with Gasteiger partial charge in [0.1, 0.15) is 0 Å². The van der Waals surface area contributed by atoms with Crippen molar-refractivity contribution in [3.05, 3.63) is 47.9 Å². The molecule has 0 aliphatic carbocycles. The molecule has 0 aliphatic rings. The van der Waals surface area contributed by atoms with Crippen molar-refractivity contribution in [2.45, 2.75) is 117 Å². The van der Waals surface area contributed by atoms with E-state index in [9.17, 15) is 4.39 Å². The Morgan fingerprint density at radius 1 is 0.697 bits per heavy atom. The Morgan fingerprint density at radius 3 is 1.88 bits per heavy atom. The van der Waals surface area contributed by atoms with Gasteiger partial charge in [-0.1, -0.05) is 103 Å². The second kappa shape index (κ2) is 17.6. The van der Waals surface area contributed by atoms with Crippen LogP contribution in [0, 0.1) is 5.82 Å². The number of pyridine rings is 1. The summed E-state index contributed by atoms with van der Waals surface area (Å²) in [6.45, 7) is 5.08. The van der Waals surface area contributed by atoms with Gasteiger partial charge in [0.2, 0.25) is 0 Å². The fourth-order valence-electron chi connectivity index (χ4n) is 4.22. The first-order valence-corrected chi connectivity index (χ1v) is 13.6. The standard InChI is InChI=1S/C30H46FNO/c1-3-5-7-9-11-12-13-15-17-23-33-30-22-20-27(24-28(30)31)29-21-19-26(25-32-29)18-16-14-10-8-6-4-2/h19-22,24-25H,3-18,23H2,1-2H3. The molecule has 1 aromatic carbocycles. The van der Waals surface area contributed by atoms with Gasteiger partial charge in [-0.05, 0) is 49.1 Å². The molecule has 0 atom stereocenters. The average molecular weight is 456 g/mol. The summed E-state index contributed by atoms with van der Waals surface area (Å²) in [5.74, 6) is 0.0411. The topological polar surface area (TPSA) is 22.1 Å². The number of unbranched alkanes of at least 4 members (excludes halogenated alkanes) is 13. The molecule has 0 N–H and O–H groups in total.